The molecule has 1 saturated heterocycles. The van der Waals surface area contributed by atoms with E-state index >= 15 is 0 Å². The van der Waals surface area contributed by atoms with Crippen LogP contribution in [0.15, 0.2) is 87.5 Å². The smallest absolute Gasteiger partial charge is 0.137 e. The second-order valence-electron chi connectivity index (χ2n) is 10.3. The Labute approximate surface area is 206 Å². The number of hydrogen-bond acceptors (Lipinski definition) is 4. The molecule has 180 valence electrons. The van der Waals surface area contributed by atoms with Gasteiger partial charge in [0.25, 0.3) is 0 Å². The summed E-state index contributed by atoms with van der Waals surface area (Å²) in [5, 5.41) is 0. The summed E-state index contributed by atoms with van der Waals surface area (Å²) in [6.45, 7) is 15.2. The van der Waals surface area contributed by atoms with Crippen LogP contribution in [0.25, 0.3) is 0 Å². The number of amidine groups is 1. The monoisotopic (exact) mass is 456 g/mol. The molecule has 0 aromatic rings. The zero-order valence-electron chi connectivity index (χ0n) is 21.3. The first-order chi connectivity index (χ1) is 16.6. The van der Waals surface area contributed by atoms with Gasteiger partial charge in [-0.15, -0.1) is 0 Å². The molecule has 3 fully saturated rings. The van der Waals surface area contributed by atoms with Crippen LogP contribution in [0.3, 0.4) is 0 Å². The first-order valence-electron chi connectivity index (χ1n) is 13.3. The second kappa shape index (κ2) is 9.95. The molecule has 0 amide bonds. The fourth-order valence-electron chi connectivity index (χ4n) is 5.45. The van der Waals surface area contributed by atoms with Gasteiger partial charge in [-0.1, -0.05) is 31.6 Å². The zero-order valence-corrected chi connectivity index (χ0v) is 21.3. The van der Waals surface area contributed by atoms with Crippen LogP contribution in [0, 0.1) is 0 Å². The first kappa shape index (κ1) is 23.2. The molecule has 4 heteroatoms. The minimum absolute atomic E-state index is 0.852. The quantitative estimate of drug-likeness (QED) is 0.428. The average molecular weight is 457 g/mol. The molecule has 5 rings (SSSR count). The van der Waals surface area contributed by atoms with Crippen molar-refractivity contribution in [3.63, 3.8) is 0 Å². The van der Waals surface area contributed by atoms with Gasteiger partial charge in [0.1, 0.15) is 5.84 Å². The van der Waals surface area contributed by atoms with E-state index in [1.165, 1.54) is 74.2 Å². The Kier molecular flexibility index (Phi) is 6.78. The molecule has 0 unspecified atom stereocenters. The van der Waals surface area contributed by atoms with Gasteiger partial charge in [0.15, 0.2) is 0 Å². The minimum Gasteiger partial charge on any atom is -0.368 e. The van der Waals surface area contributed by atoms with Crippen LogP contribution in [0.5, 0.6) is 0 Å². The summed E-state index contributed by atoms with van der Waals surface area (Å²) in [6, 6.07) is 0.852. The van der Waals surface area contributed by atoms with Crippen molar-refractivity contribution in [1.82, 2.24) is 14.7 Å². The van der Waals surface area contributed by atoms with Crippen LogP contribution in [-0.4, -0.2) is 52.8 Å². The number of piperazine rings is 1. The van der Waals surface area contributed by atoms with Gasteiger partial charge in [-0.05, 0) is 93.4 Å². The highest BCUT2D eigenvalue weighted by Gasteiger charge is 2.30. The topological polar surface area (TPSA) is 22.1 Å². The van der Waals surface area contributed by atoms with Gasteiger partial charge in [-0.3, -0.25) is 9.80 Å². The van der Waals surface area contributed by atoms with E-state index in [0.29, 0.717) is 0 Å². The number of allylic oxidation sites excluding steroid dienone is 7. The average Bonchev–Trinajstić information content (AvgIpc) is 2.77. The van der Waals surface area contributed by atoms with Gasteiger partial charge < -0.3 is 4.90 Å². The number of hydrogen-bond donors (Lipinski definition) is 0. The molecule has 0 bridgehead atoms. The highest BCUT2D eigenvalue weighted by molar-refractivity contribution is 5.99. The van der Waals surface area contributed by atoms with Crippen LogP contribution >= 0.6 is 0 Å². The standard InChI is InChI=1S/C30H40N4/c1-5-23(22(3)4)19-24(6-2)28-20-29(25-9-7-10-25)34-21-27(13-14-30(34)31-28)33-17-15-32(16-18-33)26-11-8-12-26/h6,13-14,19-21,26H,3,5,7-12,15-18H2,1-2,4H3/b23-19-,24-6?. The highest BCUT2D eigenvalue weighted by atomic mass is 15.3. The summed E-state index contributed by atoms with van der Waals surface area (Å²) in [6.07, 6.45) is 22.5. The summed E-state index contributed by atoms with van der Waals surface area (Å²) in [4.78, 5) is 12.7. The Morgan fingerprint density at radius 1 is 1.12 bits per heavy atom. The van der Waals surface area contributed by atoms with Crippen molar-refractivity contribution < 1.29 is 0 Å². The molecule has 0 spiro atoms. The summed E-state index contributed by atoms with van der Waals surface area (Å²) in [7, 11) is 0. The van der Waals surface area contributed by atoms with Crippen LogP contribution in [0.2, 0.25) is 0 Å². The number of nitrogens with zero attached hydrogens (tertiary/aromatic N) is 4. The third-order valence-corrected chi connectivity index (χ3v) is 8.13. The predicted octanol–water partition coefficient (Wildman–Crippen LogP) is 6.46. The summed E-state index contributed by atoms with van der Waals surface area (Å²) >= 11 is 0. The lowest BCUT2D eigenvalue weighted by molar-refractivity contribution is 0.0755. The number of rotatable bonds is 6. The van der Waals surface area contributed by atoms with E-state index in [2.05, 4.69) is 78.6 Å². The Morgan fingerprint density at radius 3 is 2.44 bits per heavy atom. The molecule has 0 N–H and O–H groups in total. The Balaban J connectivity index is 1.39. The van der Waals surface area contributed by atoms with Crippen molar-refractivity contribution in [2.75, 3.05) is 26.2 Å². The largest absolute Gasteiger partial charge is 0.368 e. The van der Waals surface area contributed by atoms with Gasteiger partial charge in [-0.25, -0.2) is 4.99 Å². The molecule has 3 heterocycles. The van der Waals surface area contributed by atoms with Crippen LogP contribution in [0.4, 0.5) is 0 Å². The van der Waals surface area contributed by atoms with Crippen molar-refractivity contribution in [2.24, 2.45) is 4.99 Å². The van der Waals surface area contributed by atoms with Crippen LogP contribution < -0.4 is 0 Å². The lowest BCUT2D eigenvalue weighted by Gasteiger charge is -2.44. The van der Waals surface area contributed by atoms with E-state index in [1.54, 1.807) is 5.57 Å². The minimum atomic E-state index is 0.852. The van der Waals surface area contributed by atoms with Gasteiger partial charge in [0.2, 0.25) is 0 Å². The summed E-state index contributed by atoms with van der Waals surface area (Å²) in [5.74, 6) is 1.03. The maximum absolute atomic E-state index is 5.12. The molecule has 3 aliphatic heterocycles. The molecule has 0 atom stereocenters. The van der Waals surface area contributed by atoms with E-state index in [9.17, 15) is 0 Å². The summed E-state index contributed by atoms with van der Waals surface area (Å²) < 4.78 is 0. The normalized spacial score (nSPS) is 24.3. The molecule has 0 aromatic heterocycles. The van der Waals surface area contributed by atoms with E-state index in [1.807, 2.05) is 0 Å². The Bertz CT molecular complexity index is 1040. The van der Waals surface area contributed by atoms with Gasteiger partial charge in [0.05, 0.1) is 11.4 Å². The zero-order chi connectivity index (χ0) is 23.7. The Hall–Kier alpha value is -2.59. The molecule has 2 saturated carbocycles. The van der Waals surface area contributed by atoms with Crippen molar-refractivity contribution in [3.05, 3.63) is 82.5 Å². The fraction of sp³-hybridized carbons (Fsp3) is 0.500. The highest BCUT2D eigenvalue weighted by Crippen LogP contribution is 2.37. The maximum Gasteiger partial charge on any atom is 0.137 e. The third-order valence-electron chi connectivity index (χ3n) is 8.13. The van der Waals surface area contributed by atoms with E-state index in [0.717, 1.165) is 42.7 Å². The van der Waals surface area contributed by atoms with Crippen molar-refractivity contribution in [2.45, 2.75) is 71.8 Å². The third kappa shape index (κ3) is 4.53. The van der Waals surface area contributed by atoms with Crippen LogP contribution in [0.1, 0.15) is 65.7 Å². The van der Waals surface area contributed by atoms with Crippen molar-refractivity contribution >= 4 is 5.84 Å². The lowest BCUT2D eigenvalue weighted by Crippen LogP contribution is -2.52. The van der Waals surface area contributed by atoms with E-state index < -0.39 is 0 Å². The molecular formula is C30H40N4. The van der Waals surface area contributed by atoms with Crippen molar-refractivity contribution in [3.8, 4) is 0 Å². The molecular weight excluding hydrogens is 416 g/mol. The molecule has 5 aliphatic rings. The van der Waals surface area contributed by atoms with Crippen LogP contribution in [-0.2, 0) is 0 Å². The number of aliphatic imine (C=N–C) groups is 1. The molecule has 0 radical (unpaired) electrons. The molecule has 2 aliphatic carbocycles. The summed E-state index contributed by atoms with van der Waals surface area (Å²) in [5.41, 5.74) is 8.88. The van der Waals surface area contributed by atoms with E-state index in [4.69, 9.17) is 4.99 Å². The predicted molar refractivity (Wildman–Crippen MR) is 143 cm³/mol. The molecule has 34 heavy (non-hydrogen) atoms. The SMILES string of the molecule is C=C(C)/C(=C\C(=CC)C1=CC(=C2CCC2)N2C=C(N3CCN(C4CCC4)CC3)C=CC2=N1)CC. The van der Waals surface area contributed by atoms with Gasteiger partial charge in [-0.2, -0.15) is 0 Å². The lowest BCUT2D eigenvalue weighted by atomic mass is 9.88. The van der Waals surface area contributed by atoms with Crippen molar-refractivity contribution in [1.29, 1.82) is 0 Å². The van der Waals surface area contributed by atoms with E-state index in [-0.39, 0.29) is 0 Å². The maximum atomic E-state index is 5.12. The fourth-order valence-corrected chi connectivity index (χ4v) is 5.45. The van der Waals surface area contributed by atoms with Gasteiger partial charge >= 0.3 is 0 Å². The Morgan fingerprint density at radius 2 is 1.88 bits per heavy atom. The molecule has 0 aromatic carbocycles. The first-order valence-corrected chi connectivity index (χ1v) is 13.3. The number of fused-ring (bicyclic) bond motifs is 1. The second-order valence-corrected chi connectivity index (χ2v) is 10.3. The molecule has 4 nitrogen and oxygen atoms in total. The van der Waals surface area contributed by atoms with Gasteiger partial charge in [0, 0.05) is 44.1 Å².